The highest BCUT2D eigenvalue weighted by Gasteiger charge is 2.23. The smallest absolute Gasteiger partial charge is 0.322 e. The van der Waals surface area contributed by atoms with Crippen LogP contribution in [0.1, 0.15) is 45.4 Å². The van der Waals surface area contributed by atoms with Crippen LogP contribution in [-0.2, 0) is 9.53 Å². The third-order valence-electron chi connectivity index (χ3n) is 4.31. The molecular weight excluding hydrogens is 228 g/mol. The Morgan fingerprint density at radius 3 is 2.50 bits per heavy atom. The molecule has 4 heteroatoms. The van der Waals surface area contributed by atoms with Crippen molar-refractivity contribution in [3.63, 3.8) is 0 Å². The molecule has 1 rings (SSSR count). The van der Waals surface area contributed by atoms with E-state index >= 15 is 0 Å². The lowest BCUT2D eigenvalue weighted by atomic mass is 9.84. The van der Waals surface area contributed by atoms with E-state index in [4.69, 9.17) is 5.73 Å². The van der Waals surface area contributed by atoms with Gasteiger partial charge in [0.1, 0.15) is 6.04 Å². The van der Waals surface area contributed by atoms with Crippen molar-refractivity contribution < 1.29 is 9.53 Å². The van der Waals surface area contributed by atoms with Crippen LogP contribution in [0.4, 0.5) is 0 Å². The minimum absolute atomic E-state index is 0.307. The van der Waals surface area contributed by atoms with Crippen molar-refractivity contribution in [2.24, 2.45) is 11.7 Å². The summed E-state index contributed by atoms with van der Waals surface area (Å²) in [6.45, 7) is 3.15. The molecule has 106 valence electrons. The Kier molecular flexibility index (Phi) is 6.65. The van der Waals surface area contributed by atoms with E-state index in [0.29, 0.717) is 12.5 Å². The minimum Gasteiger partial charge on any atom is -0.468 e. The van der Waals surface area contributed by atoms with Crippen molar-refractivity contribution in [2.75, 3.05) is 20.7 Å². The van der Waals surface area contributed by atoms with Gasteiger partial charge in [-0.3, -0.25) is 4.79 Å². The van der Waals surface area contributed by atoms with E-state index in [2.05, 4.69) is 23.6 Å². The van der Waals surface area contributed by atoms with Gasteiger partial charge in [-0.05, 0) is 45.1 Å². The number of carbonyl (C=O) groups is 1. The summed E-state index contributed by atoms with van der Waals surface area (Å²) in [5.74, 6) is 0.616. The van der Waals surface area contributed by atoms with Crippen LogP contribution in [0, 0.1) is 5.92 Å². The third-order valence-corrected chi connectivity index (χ3v) is 4.31. The Hall–Kier alpha value is -0.610. The first-order chi connectivity index (χ1) is 8.58. The second-order valence-corrected chi connectivity index (χ2v) is 5.48. The lowest BCUT2D eigenvalue weighted by molar-refractivity contribution is -0.142. The van der Waals surface area contributed by atoms with Crippen LogP contribution < -0.4 is 5.73 Å². The van der Waals surface area contributed by atoms with Gasteiger partial charge in [0.15, 0.2) is 0 Å². The van der Waals surface area contributed by atoms with E-state index in [1.807, 2.05) is 0 Å². The maximum atomic E-state index is 11.2. The van der Waals surface area contributed by atoms with E-state index < -0.39 is 6.04 Å². The molecule has 0 aliphatic heterocycles. The predicted octanol–water partition coefficient (Wildman–Crippen LogP) is 1.78. The van der Waals surface area contributed by atoms with Gasteiger partial charge in [-0.2, -0.15) is 0 Å². The zero-order valence-electron chi connectivity index (χ0n) is 12.0. The van der Waals surface area contributed by atoms with Gasteiger partial charge < -0.3 is 15.4 Å². The molecule has 0 heterocycles. The average molecular weight is 256 g/mol. The zero-order valence-corrected chi connectivity index (χ0v) is 12.0. The molecule has 0 aromatic heterocycles. The van der Waals surface area contributed by atoms with Crippen molar-refractivity contribution in [3.8, 4) is 0 Å². The summed E-state index contributed by atoms with van der Waals surface area (Å²) in [5.41, 5.74) is 5.75. The first kappa shape index (κ1) is 15.4. The molecule has 0 aromatic rings. The maximum Gasteiger partial charge on any atom is 0.322 e. The monoisotopic (exact) mass is 256 g/mol. The van der Waals surface area contributed by atoms with Crippen LogP contribution in [0.5, 0.6) is 0 Å². The number of hydrogen-bond donors (Lipinski definition) is 1. The standard InChI is InChI=1S/C14H28N2O2/c1-4-11-5-7-12(8-6-11)16(2)10-9-13(15)14(17)18-3/h11-13H,4-10,15H2,1-3H3. The summed E-state index contributed by atoms with van der Waals surface area (Å²) in [6, 6.07) is 0.182. The van der Waals surface area contributed by atoms with Gasteiger partial charge in [0, 0.05) is 12.6 Å². The molecule has 1 aliphatic carbocycles. The van der Waals surface area contributed by atoms with Gasteiger partial charge in [-0.25, -0.2) is 0 Å². The van der Waals surface area contributed by atoms with Gasteiger partial charge in [0.25, 0.3) is 0 Å². The summed E-state index contributed by atoms with van der Waals surface area (Å²) in [4.78, 5) is 13.6. The molecule has 1 fully saturated rings. The highest BCUT2D eigenvalue weighted by Crippen LogP contribution is 2.28. The van der Waals surface area contributed by atoms with Gasteiger partial charge in [-0.1, -0.05) is 13.3 Å². The summed E-state index contributed by atoms with van der Waals surface area (Å²) in [6.07, 6.45) is 7.23. The molecular formula is C14H28N2O2. The Morgan fingerprint density at radius 1 is 1.39 bits per heavy atom. The highest BCUT2D eigenvalue weighted by atomic mass is 16.5. The molecule has 0 spiro atoms. The Morgan fingerprint density at radius 2 is 2.00 bits per heavy atom. The molecule has 4 nitrogen and oxygen atoms in total. The Bertz CT molecular complexity index is 250. The number of methoxy groups -OCH3 is 1. The Labute approximate surface area is 111 Å². The van der Waals surface area contributed by atoms with Crippen molar-refractivity contribution in [3.05, 3.63) is 0 Å². The lowest BCUT2D eigenvalue weighted by Gasteiger charge is -2.34. The summed E-state index contributed by atoms with van der Waals surface area (Å²) in [7, 11) is 3.53. The molecule has 1 aliphatic rings. The van der Waals surface area contributed by atoms with Gasteiger partial charge in [0.2, 0.25) is 0 Å². The summed E-state index contributed by atoms with van der Waals surface area (Å²) < 4.78 is 4.64. The van der Waals surface area contributed by atoms with Crippen LogP contribution in [0.3, 0.4) is 0 Å². The van der Waals surface area contributed by atoms with E-state index in [-0.39, 0.29) is 5.97 Å². The number of nitrogens with zero attached hydrogens (tertiary/aromatic N) is 1. The molecule has 0 amide bonds. The quantitative estimate of drug-likeness (QED) is 0.736. The molecule has 0 bridgehead atoms. The molecule has 0 saturated heterocycles. The van der Waals surface area contributed by atoms with Crippen molar-refractivity contribution in [2.45, 2.75) is 57.5 Å². The molecule has 1 unspecified atom stereocenters. The summed E-state index contributed by atoms with van der Waals surface area (Å²) in [5, 5.41) is 0. The number of nitrogens with two attached hydrogens (primary N) is 1. The van der Waals surface area contributed by atoms with Crippen molar-refractivity contribution in [1.29, 1.82) is 0 Å². The topological polar surface area (TPSA) is 55.6 Å². The van der Waals surface area contributed by atoms with E-state index in [9.17, 15) is 4.79 Å². The number of hydrogen-bond acceptors (Lipinski definition) is 4. The fourth-order valence-electron chi connectivity index (χ4n) is 2.79. The van der Waals surface area contributed by atoms with Crippen molar-refractivity contribution in [1.82, 2.24) is 4.90 Å². The van der Waals surface area contributed by atoms with Crippen LogP contribution >= 0.6 is 0 Å². The van der Waals surface area contributed by atoms with Crippen LogP contribution in [0.2, 0.25) is 0 Å². The van der Waals surface area contributed by atoms with Gasteiger partial charge >= 0.3 is 5.97 Å². The summed E-state index contributed by atoms with van der Waals surface area (Å²) >= 11 is 0. The van der Waals surface area contributed by atoms with Gasteiger partial charge in [-0.15, -0.1) is 0 Å². The lowest BCUT2D eigenvalue weighted by Crippen LogP contribution is -2.40. The number of esters is 1. The fraction of sp³-hybridized carbons (Fsp3) is 0.929. The largest absolute Gasteiger partial charge is 0.468 e. The molecule has 1 atom stereocenters. The molecule has 1 saturated carbocycles. The first-order valence-electron chi connectivity index (χ1n) is 7.12. The highest BCUT2D eigenvalue weighted by molar-refractivity contribution is 5.75. The molecule has 2 N–H and O–H groups in total. The first-order valence-corrected chi connectivity index (χ1v) is 7.12. The normalized spacial score (nSPS) is 26.1. The van der Waals surface area contributed by atoms with Crippen LogP contribution in [0.25, 0.3) is 0 Å². The van der Waals surface area contributed by atoms with E-state index in [1.54, 1.807) is 0 Å². The third kappa shape index (κ3) is 4.58. The van der Waals surface area contributed by atoms with E-state index in [1.165, 1.54) is 39.2 Å². The SMILES string of the molecule is CCC1CCC(N(C)CCC(N)C(=O)OC)CC1. The predicted molar refractivity (Wildman–Crippen MR) is 73.3 cm³/mol. The second kappa shape index (κ2) is 7.74. The van der Waals surface area contributed by atoms with Crippen LogP contribution in [0.15, 0.2) is 0 Å². The number of carbonyl (C=O) groups excluding carboxylic acids is 1. The zero-order chi connectivity index (χ0) is 13.5. The second-order valence-electron chi connectivity index (χ2n) is 5.48. The number of ether oxygens (including phenoxy) is 1. The Balaban J connectivity index is 2.25. The molecule has 0 radical (unpaired) electrons. The molecule has 0 aromatic carbocycles. The average Bonchev–Trinajstić information content (AvgIpc) is 2.43. The number of rotatable bonds is 6. The molecule has 18 heavy (non-hydrogen) atoms. The maximum absolute atomic E-state index is 11.2. The van der Waals surface area contributed by atoms with Crippen molar-refractivity contribution >= 4 is 5.97 Å². The minimum atomic E-state index is -0.482. The fourth-order valence-corrected chi connectivity index (χ4v) is 2.79. The van der Waals surface area contributed by atoms with Gasteiger partial charge in [0.05, 0.1) is 7.11 Å². The van der Waals surface area contributed by atoms with Crippen LogP contribution in [-0.4, -0.2) is 43.7 Å². The van der Waals surface area contributed by atoms with E-state index in [0.717, 1.165) is 12.5 Å².